The number of alkyl halides is 3. The number of para-hydroxylation sites is 1. The van der Waals surface area contributed by atoms with Crippen LogP contribution in [0.2, 0.25) is 0 Å². The number of ether oxygens (including phenoxy) is 1. The van der Waals surface area contributed by atoms with Crippen molar-refractivity contribution >= 4 is 29.0 Å². The summed E-state index contributed by atoms with van der Waals surface area (Å²) in [6.45, 7) is 1.77. The van der Waals surface area contributed by atoms with Crippen LogP contribution in [0.15, 0.2) is 78.9 Å². The lowest BCUT2D eigenvalue weighted by Gasteiger charge is -2.23. The summed E-state index contributed by atoms with van der Waals surface area (Å²) >= 11 is 0. The molecule has 0 fully saturated rings. The van der Waals surface area contributed by atoms with Gasteiger partial charge in [0.25, 0.3) is 0 Å². The van der Waals surface area contributed by atoms with Gasteiger partial charge in [0, 0.05) is 36.2 Å². The molecule has 0 spiro atoms. The molecule has 226 valence electrons. The van der Waals surface area contributed by atoms with Gasteiger partial charge in [0.15, 0.2) is 0 Å². The monoisotopic (exact) mass is 588 g/mol. The molecule has 0 aromatic heterocycles. The van der Waals surface area contributed by atoms with E-state index in [1.165, 1.54) is 24.3 Å². The van der Waals surface area contributed by atoms with Gasteiger partial charge < -0.3 is 35.8 Å². The zero-order chi connectivity index (χ0) is 30.5. The lowest BCUT2D eigenvalue weighted by Crippen LogP contribution is -2.41. The van der Waals surface area contributed by atoms with E-state index in [1.807, 2.05) is 18.2 Å². The molecule has 3 rings (SSSR count). The minimum Gasteiger partial charge on any atom is -0.491 e. The van der Waals surface area contributed by atoms with Gasteiger partial charge in [0.2, 0.25) is 0 Å². The third-order valence-corrected chi connectivity index (χ3v) is 6.11. The number of carbonyl (C=O) groups excluding carboxylic acids is 2. The number of nitrogens with zero attached hydrogens (tertiary/aromatic N) is 1. The first kappa shape index (κ1) is 32.4. The topological polar surface area (TPSA) is 123 Å². The predicted octanol–water partition coefficient (Wildman–Crippen LogP) is 4.57. The van der Waals surface area contributed by atoms with Gasteiger partial charge in [-0.15, -0.1) is 0 Å². The Morgan fingerprint density at radius 2 is 1.52 bits per heavy atom. The Morgan fingerprint density at radius 1 is 0.929 bits per heavy atom. The first-order valence-corrected chi connectivity index (χ1v) is 13.4. The van der Waals surface area contributed by atoms with Crippen molar-refractivity contribution in [2.24, 2.45) is 0 Å². The third-order valence-electron chi connectivity index (χ3n) is 6.11. The quantitative estimate of drug-likeness (QED) is 0.188. The highest BCUT2D eigenvalue weighted by atomic mass is 19.4. The Bertz CT molecular complexity index is 1260. The standard InChI is InChI=1S/C30H35F3N4O5/c1-2-16-37(28(40)30(31,32)33)25-14-12-23(13-15-25)36-29(41)35-22-10-8-21(9-11-22)17-24(19-38)34-18-26(39)20-42-27-6-4-3-5-7-27/h3-15,24,26,34,38-39H,2,16-20H2,1H3,(H2,35,36,41)/t24-,26-/m0/s1. The number of aliphatic hydroxyl groups excluding tert-OH is 2. The molecule has 0 heterocycles. The molecule has 0 aliphatic carbocycles. The van der Waals surface area contributed by atoms with Crippen LogP contribution in [0.3, 0.4) is 0 Å². The molecule has 42 heavy (non-hydrogen) atoms. The van der Waals surface area contributed by atoms with E-state index in [1.54, 1.807) is 43.3 Å². The molecule has 0 radical (unpaired) electrons. The molecule has 9 nitrogen and oxygen atoms in total. The van der Waals surface area contributed by atoms with Crippen molar-refractivity contribution in [3.63, 3.8) is 0 Å². The van der Waals surface area contributed by atoms with Crippen LogP contribution in [-0.2, 0) is 11.2 Å². The minimum atomic E-state index is -4.99. The number of halogens is 3. The van der Waals surface area contributed by atoms with E-state index in [-0.39, 0.29) is 38.0 Å². The van der Waals surface area contributed by atoms with Crippen LogP contribution in [0.1, 0.15) is 18.9 Å². The molecular weight excluding hydrogens is 553 g/mol. The van der Waals surface area contributed by atoms with Crippen molar-refractivity contribution in [2.75, 3.05) is 41.8 Å². The van der Waals surface area contributed by atoms with Gasteiger partial charge in [0.05, 0.1) is 6.61 Å². The molecule has 0 aliphatic heterocycles. The van der Waals surface area contributed by atoms with Gasteiger partial charge in [-0.2, -0.15) is 13.2 Å². The van der Waals surface area contributed by atoms with Crippen LogP contribution < -0.4 is 25.6 Å². The molecular formula is C30H35F3N4O5. The number of anilines is 3. The maximum atomic E-state index is 12.9. The lowest BCUT2D eigenvalue weighted by atomic mass is 10.1. The van der Waals surface area contributed by atoms with Crippen molar-refractivity contribution in [1.82, 2.24) is 5.32 Å². The fourth-order valence-corrected chi connectivity index (χ4v) is 4.02. The molecule has 2 atom stereocenters. The van der Waals surface area contributed by atoms with Crippen LogP contribution in [-0.4, -0.2) is 66.8 Å². The van der Waals surface area contributed by atoms with Gasteiger partial charge in [-0.3, -0.25) is 4.79 Å². The first-order chi connectivity index (χ1) is 20.1. The second-order valence-corrected chi connectivity index (χ2v) is 9.55. The second kappa shape index (κ2) is 15.8. The summed E-state index contributed by atoms with van der Waals surface area (Å²) in [5, 5.41) is 28.3. The van der Waals surface area contributed by atoms with Gasteiger partial charge >= 0.3 is 18.1 Å². The molecule has 3 amide bonds. The SMILES string of the molecule is CCCN(C(=O)C(F)(F)F)c1ccc(NC(=O)Nc2ccc(C[C@@H](CO)NC[C@H](O)COc3ccccc3)cc2)cc1. The number of hydrogen-bond donors (Lipinski definition) is 5. The molecule has 5 N–H and O–H groups in total. The summed E-state index contributed by atoms with van der Waals surface area (Å²) in [5.74, 6) is -1.29. The van der Waals surface area contributed by atoms with Crippen molar-refractivity contribution < 1.29 is 37.7 Å². The maximum absolute atomic E-state index is 12.9. The molecule has 0 bridgehead atoms. The summed E-state index contributed by atoms with van der Waals surface area (Å²) in [4.78, 5) is 24.8. The minimum absolute atomic E-state index is 0.0754. The van der Waals surface area contributed by atoms with Crippen LogP contribution in [0.5, 0.6) is 5.75 Å². The number of amides is 3. The fourth-order valence-electron chi connectivity index (χ4n) is 4.02. The average molecular weight is 589 g/mol. The molecule has 12 heteroatoms. The van der Waals surface area contributed by atoms with Gasteiger partial charge in [-0.1, -0.05) is 37.3 Å². The normalized spacial score (nSPS) is 12.7. The summed E-state index contributed by atoms with van der Waals surface area (Å²) in [6, 6.07) is 20.8. The van der Waals surface area contributed by atoms with E-state index in [2.05, 4.69) is 16.0 Å². The lowest BCUT2D eigenvalue weighted by molar-refractivity contribution is -0.170. The fraction of sp³-hybridized carbons (Fsp3) is 0.333. The molecule has 0 aliphatic rings. The predicted molar refractivity (Wildman–Crippen MR) is 155 cm³/mol. The van der Waals surface area contributed by atoms with Crippen molar-refractivity contribution in [1.29, 1.82) is 0 Å². The van der Waals surface area contributed by atoms with E-state index in [4.69, 9.17) is 4.74 Å². The number of nitrogens with one attached hydrogen (secondary N) is 3. The number of aliphatic hydroxyl groups is 2. The van der Waals surface area contributed by atoms with Crippen molar-refractivity contribution in [3.8, 4) is 5.75 Å². The number of hydrogen-bond acceptors (Lipinski definition) is 6. The van der Waals surface area contributed by atoms with Crippen LogP contribution in [0, 0.1) is 0 Å². The molecule has 0 unspecified atom stereocenters. The Labute approximate surface area is 242 Å². The third kappa shape index (κ3) is 10.4. The maximum Gasteiger partial charge on any atom is 0.471 e. The van der Waals surface area contributed by atoms with E-state index in [0.29, 0.717) is 34.9 Å². The highest BCUT2D eigenvalue weighted by Crippen LogP contribution is 2.25. The molecule has 0 saturated heterocycles. The Hall–Kier alpha value is -4.13. The van der Waals surface area contributed by atoms with Gasteiger partial charge in [0.1, 0.15) is 18.5 Å². The van der Waals surface area contributed by atoms with E-state index in [0.717, 1.165) is 5.56 Å². The van der Waals surface area contributed by atoms with Crippen LogP contribution in [0.25, 0.3) is 0 Å². The Morgan fingerprint density at radius 3 is 2.07 bits per heavy atom. The second-order valence-electron chi connectivity index (χ2n) is 9.55. The van der Waals surface area contributed by atoms with E-state index in [9.17, 15) is 33.0 Å². The van der Waals surface area contributed by atoms with E-state index >= 15 is 0 Å². The molecule has 3 aromatic rings. The number of benzene rings is 3. The molecule has 3 aromatic carbocycles. The summed E-state index contributed by atoms with van der Waals surface area (Å²) < 4.78 is 44.3. The first-order valence-electron chi connectivity index (χ1n) is 13.4. The number of urea groups is 1. The number of carbonyl (C=O) groups is 2. The van der Waals surface area contributed by atoms with E-state index < -0.39 is 24.2 Å². The zero-order valence-corrected chi connectivity index (χ0v) is 23.1. The average Bonchev–Trinajstić information content (AvgIpc) is 2.98. The van der Waals surface area contributed by atoms with Crippen molar-refractivity contribution in [3.05, 3.63) is 84.4 Å². The van der Waals surface area contributed by atoms with Gasteiger partial charge in [-0.05, 0) is 66.9 Å². The smallest absolute Gasteiger partial charge is 0.471 e. The highest BCUT2D eigenvalue weighted by Gasteiger charge is 2.42. The van der Waals surface area contributed by atoms with Crippen molar-refractivity contribution in [2.45, 2.75) is 38.1 Å². The summed E-state index contributed by atoms with van der Waals surface area (Å²) in [5.41, 5.74) is 1.80. The summed E-state index contributed by atoms with van der Waals surface area (Å²) in [6.07, 6.45) is -4.93. The number of rotatable bonds is 14. The zero-order valence-electron chi connectivity index (χ0n) is 23.1. The largest absolute Gasteiger partial charge is 0.491 e. The van der Waals surface area contributed by atoms with Crippen LogP contribution in [0.4, 0.5) is 35.0 Å². The summed E-state index contributed by atoms with van der Waals surface area (Å²) in [7, 11) is 0. The molecule has 0 saturated carbocycles. The Kier molecular flexibility index (Phi) is 12.1. The highest BCUT2D eigenvalue weighted by molar-refractivity contribution is 6.00. The van der Waals surface area contributed by atoms with Crippen LogP contribution >= 0.6 is 0 Å². The Balaban J connectivity index is 1.46. The van der Waals surface area contributed by atoms with Gasteiger partial charge in [-0.25, -0.2) is 4.79 Å².